The van der Waals surface area contributed by atoms with Gasteiger partial charge in [0.2, 0.25) is 0 Å². The van der Waals surface area contributed by atoms with Crippen molar-refractivity contribution < 1.29 is 14.3 Å². The minimum absolute atomic E-state index is 0.522. The predicted molar refractivity (Wildman–Crippen MR) is 70.8 cm³/mol. The molecule has 1 fully saturated rings. The van der Waals surface area contributed by atoms with E-state index in [0.29, 0.717) is 24.7 Å². The van der Waals surface area contributed by atoms with Crippen molar-refractivity contribution in [3.05, 3.63) is 23.3 Å². The van der Waals surface area contributed by atoms with Crippen molar-refractivity contribution >= 4 is 6.29 Å². The quantitative estimate of drug-likeness (QED) is 0.722. The fraction of sp³-hybridized carbons (Fsp3) is 0.533. The van der Waals surface area contributed by atoms with Gasteiger partial charge in [-0.25, -0.2) is 0 Å². The van der Waals surface area contributed by atoms with Crippen LogP contribution in [0.3, 0.4) is 0 Å². The molecule has 0 radical (unpaired) electrons. The van der Waals surface area contributed by atoms with E-state index < -0.39 is 0 Å². The molecule has 0 N–H and O–H groups in total. The first kappa shape index (κ1) is 12.9. The summed E-state index contributed by atoms with van der Waals surface area (Å²) in [6.45, 7) is 5.12. The molecule has 18 heavy (non-hydrogen) atoms. The maximum atomic E-state index is 11.0. The summed E-state index contributed by atoms with van der Waals surface area (Å²) in [6.07, 6.45) is 4.47. The number of aldehydes is 1. The van der Waals surface area contributed by atoms with Crippen LogP contribution in [0.15, 0.2) is 12.1 Å². The van der Waals surface area contributed by atoms with E-state index in [1.54, 1.807) is 0 Å². The van der Waals surface area contributed by atoms with E-state index in [1.165, 1.54) is 19.3 Å². The van der Waals surface area contributed by atoms with E-state index in [0.717, 1.165) is 23.3 Å². The lowest BCUT2D eigenvalue weighted by Crippen LogP contribution is -2.13. The zero-order valence-electron chi connectivity index (χ0n) is 11.1. The number of rotatable bonds is 6. The van der Waals surface area contributed by atoms with E-state index in [9.17, 15) is 4.79 Å². The number of carbonyl (C=O) groups is 1. The summed E-state index contributed by atoms with van der Waals surface area (Å²) in [5.74, 6) is 2.15. The topological polar surface area (TPSA) is 35.5 Å². The van der Waals surface area contributed by atoms with Crippen LogP contribution in [0.5, 0.6) is 11.5 Å². The Morgan fingerprint density at radius 2 is 1.72 bits per heavy atom. The highest BCUT2D eigenvalue weighted by Crippen LogP contribution is 2.46. The van der Waals surface area contributed by atoms with Crippen molar-refractivity contribution in [3.63, 3.8) is 0 Å². The number of hydrogen-bond donors (Lipinski definition) is 0. The standard InChI is InChI=1S/C15H20O3/c1-3-17-13-8-11(10-16)9-14(18-4-2)15(13)12-6-5-7-12/h8-10,12H,3-7H2,1-2H3. The van der Waals surface area contributed by atoms with Gasteiger partial charge in [0.15, 0.2) is 0 Å². The van der Waals surface area contributed by atoms with Gasteiger partial charge >= 0.3 is 0 Å². The number of carbonyl (C=O) groups excluding carboxylic acids is 1. The molecule has 98 valence electrons. The Hall–Kier alpha value is -1.51. The van der Waals surface area contributed by atoms with Gasteiger partial charge in [0.25, 0.3) is 0 Å². The van der Waals surface area contributed by atoms with Crippen LogP contribution in [-0.4, -0.2) is 19.5 Å². The van der Waals surface area contributed by atoms with Gasteiger partial charge in [0, 0.05) is 11.1 Å². The average molecular weight is 248 g/mol. The molecule has 0 saturated heterocycles. The molecule has 0 unspecified atom stereocenters. The summed E-state index contributed by atoms with van der Waals surface area (Å²) in [6, 6.07) is 3.65. The lowest BCUT2D eigenvalue weighted by Gasteiger charge is -2.29. The van der Waals surface area contributed by atoms with Gasteiger partial charge in [-0.3, -0.25) is 4.79 Å². The van der Waals surface area contributed by atoms with Gasteiger partial charge in [-0.05, 0) is 44.7 Å². The summed E-state index contributed by atoms with van der Waals surface area (Å²) < 4.78 is 11.4. The smallest absolute Gasteiger partial charge is 0.150 e. The second-order valence-electron chi connectivity index (χ2n) is 4.54. The van der Waals surface area contributed by atoms with Gasteiger partial charge in [-0.1, -0.05) is 6.42 Å². The number of ether oxygens (including phenoxy) is 2. The van der Waals surface area contributed by atoms with Crippen molar-refractivity contribution in [2.75, 3.05) is 13.2 Å². The maximum Gasteiger partial charge on any atom is 0.150 e. The summed E-state index contributed by atoms with van der Waals surface area (Å²) in [4.78, 5) is 11.0. The van der Waals surface area contributed by atoms with E-state index >= 15 is 0 Å². The van der Waals surface area contributed by atoms with E-state index in [4.69, 9.17) is 9.47 Å². The Balaban J connectivity index is 2.44. The summed E-state index contributed by atoms with van der Waals surface area (Å²) in [7, 11) is 0. The first-order valence-electron chi connectivity index (χ1n) is 6.68. The molecule has 1 aliphatic rings. The molecule has 3 heteroatoms. The van der Waals surface area contributed by atoms with Gasteiger partial charge in [0.1, 0.15) is 17.8 Å². The fourth-order valence-electron chi connectivity index (χ4n) is 2.34. The highest BCUT2D eigenvalue weighted by molar-refractivity contribution is 5.77. The Bertz CT molecular complexity index is 395. The van der Waals surface area contributed by atoms with Crippen molar-refractivity contribution in [1.82, 2.24) is 0 Å². The summed E-state index contributed by atoms with van der Waals surface area (Å²) in [5.41, 5.74) is 1.76. The van der Waals surface area contributed by atoms with Crippen LogP contribution < -0.4 is 9.47 Å². The second kappa shape index (κ2) is 5.89. The van der Waals surface area contributed by atoms with E-state index in [1.807, 2.05) is 26.0 Å². The molecule has 0 spiro atoms. The third-order valence-corrected chi connectivity index (χ3v) is 3.38. The molecule has 1 aliphatic carbocycles. The van der Waals surface area contributed by atoms with Crippen LogP contribution in [0, 0.1) is 0 Å². The number of hydrogen-bond acceptors (Lipinski definition) is 3. The molecule has 0 amide bonds. The fourth-order valence-corrected chi connectivity index (χ4v) is 2.34. The van der Waals surface area contributed by atoms with E-state index in [2.05, 4.69) is 0 Å². The Labute approximate surface area is 108 Å². The average Bonchev–Trinajstić information content (AvgIpc) is 2.31. The van der Waals surface area contributed by atoms with Gasteiger partial charge in [0.05, 0.1) is 13.2 Å². The summed E-state index contributed by atoms with van der Waals surface area (Å²) >= 11 is 0. The molecule has 1 saturated carbocycles. The van der Waals surface area contributed by atoms with Crippen molar-refractivity contribution in [2.45, 2.75) is 39.0 Å². The molecule has 1 aromatic rings. The van der Waals surface area contributed by atoms with Crippen LogP contribution in [0.2, 0.25) is 0 Å². The molecular weight excluding hydrogens is 228 g/mol. The van der Waals surface area contributed by atoms with Crippen LogP contribution in [0.1, 0.15) is 54.9 Å². The monoisotopic (exact) mass is 248 g/mol. The third-order valence-electron chi connectivity index (χ3n) is 3.38. The highest BCUT2D eigenvalue weighted by atomic mass is 16.5. The van der Waals surface area contributed by atoms with Crippen LogP contribution in [0.4, 0.5) is 0 Å². The SMILES string of the molecule is CCOc1cc(C=O)cc(OCC)c1C1CCC1. The van der Waals surface area contributed by atoms with E-state index in [-0.39, 0.29) is 0 Å². The first-order chi connectivity index (χ1) is 8.80. The van der Waals surface area contributed by atoms with Crippen molar-refractivity contribution in [2.24, 2.45) is 0 Å². The molecule has 0 atom stereocenters. The lowest BCUT2D eigenvalue weighted by molar-refractivity contribution is 0.112. The highest BCUT2D eigenvalue weighted by Gasteiger charge is 2.27. The molecule has 2 rings (SSSR count). The van der Waals surface area contributed by atoms with Crippen LogP contribution in [0.25, 0.3) is 0 Å². The lowest BCUT2D eigenvalue weighted by atomic mass is 9.79. The molecule has 1 aromatic carbocycles. The minimum atomic E-state index is 0.522. The van der Waals surface area contributed by atoms with Gasteiger partial charge < -0.3 is 9.47 Å². The van der Waals surface area contributed by atoms with Gasteiger partial charge in [-0.15, -0.1) is 0 Å². The largest absolute Gasteiger partial charge is 0.493 e. The zero-order valence-corrected chi connectivity index (χ0v) is 11.1. The first-order valence-corrected chi connectivity index (χ1v) is 6.68. The van der Waals surface area contributed by atoms with Crippen LogP contribution in [-0.2, 0) is 0 Å². The minimum Gasteiger partial charge on any atom is -0.493 e. The molecule has 0 heterocycles. The summed E-state index contributed by atoms with van der Waals surface area (Å²) in [5, 5.41) is 0. The van der Waals surface area contributed by atoms with Gasteiger partial charge in [-0.2, -0.15) is 0 Å². The maximum absolute atomic E-state index is 11.0. The van der Waals surface area contributed by atoms with Crippen LogP contribution >= 0.6 is 0 Å². The van der Waals surface area contributed by atoms with Crippen molar-refractivity contribution in [1.29, 1.82) is 0 Å². The zero-order chi connectivity index (χ0) is 13.0. The predicted octanol–water partition coefficient (Wildman–Crippen LogP) is 3.56. The molecular formula is C15H20O3. The van der Waals surface area contributed by atoms with Crippen molar-refractivity contribution in [3.8, 4) is 11.5 Å². The Morgan fingerprint density at radius 1 is 1.17 bits per heavy atom. The molecule has 0 aliphatic heterocycles. The third kappa shape index (κ3) is 2.50. The number of benzene rings is 1. The Kier molecular flexibility index (Phi) is 4.24. The normalized spacial score (nSPS) is 15.0. The Morgan fingerprint density at radius 3 is 2.06 bits per heavy atom. The molecule has 0 aromatic heterocycles. The second-order valence-corrected chi connectivity index (χ2v) is 4.54. The molecule has 0 bridgehead atoms. The molecule has 3 nitrogen and oxygen atoms in total.